The molecule has 0 fully saturated rings. The Morgan fingerprint density at radius 2 is 1.89 bits per heavy atom. The number of hydrogen-bond acceptors (Lipinski definition) is 5. The van der Waals surface area contributed by atoms with E-state index in [0.717, 1.165) is 0 Å². The van der Waals surface area contributed by atoms with Gasteiger partial charge in [-0.3, -0.25) is 4.84 Å². The molecule has 0 spiro atoms. The van der Waals surface area contributed by atoms with E-state index in [2.05, 4.69) is 10.7 Å². The molecule has 0 aromatic rings. The molecule has 56 valence electrons. The average Bonchev–Trinajstić information content (AvgIpc) is 1.90. The minimum atomic E-state index is -1.11. The fourth-order valence-corrected chi connectivity index (χ4v) is 0.373. The van der Waals surface area contributed by atoms with Gasteiger partial charge in [-0.1, -0.05) is 0 Å². The molecule has 9 heavy (non-hydrogen) atoms. The van der Waals surface area contributed by atoms with Crippen molar-refractivity contribution in [1.29, 1.82) is 0 Å². The summed E-state index contributed by atoms with van der Waals surface area (Å²) in [7, 11) is 0. The van der Waals surface area contributed by atoms with Crippen LogP contribution >= 0.6 is 0 Å². The third kappa shape index (κ3) is 2.73. The normalized spacial score (nSPS) is 17.3. The Kier molecular flexibility index (Phi) is 4.55. The van der Waals surface area contributed by atoms with Gasteiger partial charge in [0.05, 0.1) is 13.2 Å². The molecule has 0 saturated carbocycles. The van der Waals surface area contributed by atoms with Crippen LogP contribution in [0.15, 0.2) is 0 Å². The molecule has 5 heteroatoms. The van der Waals surface area contributed by atoms with Crippen molar-refractivity contribution >= 4 is 0 Å². The van der Waals surface area contributed by atoms with E-state index in [0.29, 0.717) is 0 Å². The van der Waals surface area contributed by atoms with Gasteiger partial charge < -0.3 is 15.3 Å². The molecule has 0 aromatic heterocycles. The third-order valence-electron chi connectivity index (χ3n) is 0.971. The van der Waals surface area contributed by atoms with Gasteiger partial charge in [0.15, 0.2) is 0 Å². The van der Waals surface area contributed by atoms with Crippen LogP contribution in [0.4, 0.5) is 0 Å². The van der Waals surface area contributed by atoms with Crippen molar-refractivity contribution < 1.29 is 20.2 Å². The molecule has 2 atom stereocenters. The lowest BCUT2D eigenvalue weighted by Crippen LogP contribution is -2.36. The largest absolute Gasteiger partial charge is 0.394 e. The third-order valence-corrected chi connectivity index (χ3v) is 0.971. The highest BCUT2D eigenvalue weighted by molar-refractivity contribution is 4.64. The first-order valence-corrected chi connectivity index (χ1v) is 2.51. The SMILES string of the molecule is NO[C@@H](CO)[C@H](O)CO. The lowest BCUT2D eigenvalue weighted by atomic mass is 10.2. The highest BCUT2D eigenvalue weighted by Crippen LogP contribution is 1.93. The summed E-state index contributed by atoms with van der Waals surface area (Å²) in [5.41, 5.74) is 0. The summed E-state index contributed by atoms with van der Waals surface area (Å²) in [5, 5.41) is 25.3. The summed E-state index contributed by atoms with van der Waals surface area (Å²) in [4.78, 5) is 4.09. The van der Waals surface area contributed by atoms with Gasteiger partial charge in [0.25, 0.3) is 0 Å². The van der Waals surface area contributed by atoms with E-state index in [1.165, 1.54) is 0 Å². The molecule has 0 aromatic carbocycles. The van der Waals surface area contributed by atoms with E-state index in [-0.39, 0.29) is 0 Å². The second kappa shape index (κ2) is 4.66. The Morgan fingerprint density at radius 3 is 2.00 bits per heavy atom. The smallest absolute Gasteiger partial charge is 0.130 e. The number of rotatable bonds is 4. The van der Waals surface area contributed by atoms with Gasteiger partial charge in [-0.05, 0) is 0 Å². The molecular weight excluding hydrogens is 126 g/mol. The molecule has 0 aliphatic rings. The van der Waals surface area contributed by atoms with Crippen LogP contribution in [0.25, 0.3) is 0 Å². The average molecular weight is 137 g/mol. The lowest BCUT2D eigenvalue weighted by Gasteiger charge is -2.15. The maximum atomic E-state index is 8.70. The van der Waals surface area contributed by atoms with Crippen molar-refractivity contribution in [3.05, 3.63) is 0 Å². The first-order valence-electron chi connectivity index (χ1n) is 2.51. The summed E-state index contributed by atoms with van der Waals surface area (Å²) >= 11 is 0. The van der Waals surface area contributed by atoms with Gasteiger partial charge in [-0.15, -0.1) is 0 Å². The zero-order valence-electron chi connectivity index (χ0n) is 4.90. The van der Waals surface area contributed by atoms with Gasteiger partial charge >= 0.3 is 0 Å². The van der Waals surface area contributed by atoms with Crippen molar-refractivity contribution in [2.75, 3.05) is 13.2 Å². The van der Waals surface area contributed by atoms with Gasteiger partial charge in [0.1, 0.15) is 12.2 Å². The van der Waals surface area contributed by atoms with Gasteiger partial charge in [0.2, 0.25) is 0 Å². The van der Waals surface area contributed by atoms with Crippen molar-refractivity contribution in [3.8, 4) is 0 Å². The molecule has 5 N–H and O–H groups in total. The van der Waals surface area contributed by atoms with Gasteiger partial charge in [-0.25, -0.2) is 5.90 Å². The molecule has 0 aliphatic carbocycles. The Labute approximate surface area is 52.6 Å². The van der Waals surface area contributed by atoms with Crippen molar-refractivity contribution in [2.24, 2.45) is 5.90 Å². The van der Waals surface area contributed by atoms with Crippen LogP contribution in [0, 0.1) is 0 Å². The maximum Gasteiger partial charge on any atom is 0.130 e. The number of aliphatic hydroxyl groups is 3. The Bertz CT molecular complexity index is 65.6. The number of aliphatic hydroxyl groups excluding tert-OH is 3. The first-order chi connectivity index (χ1) is 4.26. The van der Waals surface area contributed by atoms with E-state index in [1.54, 1.807) is 0 Å². The quantitative estimate of drug-likeness (QED) is 0.324. The predicted octanol–water partition coefficient (Wildman–Crippen LogP) is -2.41. The van der Waals surface area contributed by atoms with Crippen LogP contribution in [-0.4, -0.2) is 40.7 Å². The molecule has 0 amide bonds. The summed E-state index contributed by atoms with van der Waals surface area (Å²) in [6.07, 6.45) is -2.00. The molecule has 0 unspecified atom stereocenters. The van der Waals surface area contributed by atoms with Crippen molar-refractivity contribution in [3.63, 3.8) is 0 Å². The molecule has 5 nitrogen and oxygen atoms in total. The van der Waals surface area contributed by atoms with E-state index in [9.17, 15) is 0 Å². The Hall–Kier alpha value is -0.200. The summed E-state index contributed by atoms with van der Waals surface area (Å²) < 4.78 is 0. The van der Waals surface area contributed by atoms with Crippen LogP contribution in [0.3, 0.4) is 0 Å². The second-order valence-corrected chi connectivity index (χ2v) is 1.61. The van der Waals surface area contributed by atoms with Crippen LogP contribution in [0.5, 0.6) is 0 Å². The molecule has 0 radical (unpaired) electrons. The summed E-state index contributed by atoms with van der Waals surface area (Å²) in [6.45, 7) is -0.874. The standard InChI is InChI=1S/C4H11NO4/c5-9-4(2-7)3(8)1-6/h3-4,6-8H,1-2,5H2/t3-,4+/m1/s1. The monoisotopic (exact) mass is 137 g/mol. The Morgan fingerprint density at radius 1 is 1.33 bits per heavy atom. The molecule has 0 rings (SSSR count). The fourth-order valence-electron chi connectivity index (χ4n) is 0.373. The van der Waals surface area contributed by atoms with Gasteiger partial charge in [0, 0.05) is 0 Å². The molecular formula is C4H11NO4. The van der Waals surface area contributed by atoms with Crippen LogP contribution in [0.1, 0.15) is 0 Å². The Balaban J connectivity index is 3.50. The highest BCUT2D eigenvalue weighted by Gasteiger charge is 2.16. The minimum Gasteiger partial charge on any atom is -0.394 e. The molecule has 0 bridgehead atoms. The molecule has 0 heterocycles. The van der Waals surface area contributed by atoms with E-state index >= 15 is 0 Å². The second-order valence-electron chi connectivity index (χ2n) is 1.61. The highest BCUT2D eigenvalue weighted by atomic mass is 16.6. The lowest BCUT2D eigenvalue weighted by molar-refractivity contribution is -0.0811. The molecule has 0 aliphatic heterocycles. The van der Waals surface area contributed by atoms with Crippen LogP contribution < -0.4 is 5.90 Å². The predicted molar refractivity (Wildman–Crippen MR) is 29.2 cm³/mol. The molecule has 0 saturated heterocycles. The number of hydrogen-bond donors (Lipinski definition) is 4. The van der Waals surface area contributed by atoms with Gasteiger partial charge in [-0.2, -0.15) is 0 Å². The van der Waals surface area contributed by atoms with Crippen LogP contribution in [0.2, 0.25) is 0 Å². The van der Waals surface area contributed by atoms with E-state index in [1.807, 2.05) is 0 Å². The van der Waals surface area contributed by atoms with Crippen molar-refractivity contribution in [1.82, 2.24) is 0 Å². The fraction of sp³-hybridized carbons (Fsp3) is 1.00. The van der Waals surface area contributed by atoms with E-state index < -0.39 is 25.4 Å². The maximum absolute atomic E-state index is 8.70. The minimum absolute atomic E-state index is 0.405. The zero-order valence-corrected chi connectivity index (χ0v) is 4.90. The zero-order chi connectivity index (χ0) is 7.28. The topological polar surface area (TPSA) is 95.9 Å². The summed E-state index contributed by atoms with van der Waals surface area (Å²) in [5.74, 6) is 4.63. The van der Waals surface area contributed by atoms with E-state index in [4.69, 9.17) is 15.3 Å². The van der Waals surface area contributed by atoms with Crippen LogP contribution in [-0.2, 0) is 4.84 Å². The van der Waals surface area contributed by atoms with Crippen molar-refractivity contribution in [2.45, 2.75) is 12.2 Å². The first kappa shape index (κ1) is 8.80. The summed E-state index contributed by atoms with van der Waals surface area (Å²) in [6, 6.07) is 0. The number of nitrogens with two attached hydrogens (primary N) is 1.